The Balaban J connectivity index is 2.28. The van der Waals surface area contributed by atoms with E-state index in [-0.39, 0.29) is 5.91 Å². The lowest BCUT2D eigenvalue weighted by molar-refractivity contribution is -0.126. The number of rotatable bonds is 2. The molecule has 1 aromatic carbocycles. The van der Waals surface area contributed by atoms with Gasteiger partial charge in [-0.1, -0.05) is 19.1 Å². The van der Waals surface area contributed by atoms with Crippen molar-refractivity contribution in [2.24, 2.45) is 11.7 Å². The van der Waals surface area contributed by atoms with Crippen molar-refractivity contribution in [2.75, 3.05) is 10.6 Å². The molecule has 0 bridgehead atoms. The van der Waals surface area contributed by atoms with Crippen LogP contribution in [0.15, 0.2) is 24.3 Å². The zero-order valence-electron chi connectivity index (χ0n) is 8.86. The van der Waals surface area contributed by atoms with Crippen LogP contribution in [0.5, 0.6) is 0 Å². The summed E-state index contributed by atoms with van der Waals surface area (Å²) in [6.07, 6.45) is 0. The molecule has 2 unspecified atom stereocenters. The summed E-state index contributed by atoms with van der Waals surface area (Å²) < 4.78 is 0. The van der Waals surface area contributed by atoms with Crippen molar-refractivity contribution in [1.29, 1.82) is 0 Å². The molecule has 2 atom stereocenters. The second-order valence-corrected chi connectivity index (χ2v) is 3.85. The Hall–Kier alpha value is -2.04. The number of nitrogens with two attached hydrogens (primary N) is 1. The number of fused-ring (bicyclic) bond motifs is 1. The number of hydrogen-bond donors (Lipinski definition) is 3. The van der Waals surface area contributed by atoms with E-state index in [0.29, 0.717) is 0 Å². The van der Waals surface area contributed by atoms with E-state index in [2.05, 4.69) is 10.6 Å². The highest BCUT2D eigenvalue weighted by Gasteiger charge is 2.32. The number of carbonyl (C=O) groups excluding carboxylic acids is 2. The fraction of sp³-hybridized carbons (Fsp3) is 0.273. The van der Waals surface area contributed by atoms with Gasteiger partial charge in [-0.25, -0.2) is 0 Å². The van der Waals surface area contributed by atoms with Crippen LogP contribution in [-0.2, 0) is 9.59 Å². The van der Waals surface area contributed by atoms with Crippen LogP contribution in [0.2, 0.25) is 0 Å². The van der Waals surface area contributed by atoms with E-state index in [4.69, 9.17) is 5.73 Å². The maximum atomic E-state index is 11.7. The molecule has 0 aromatic heterocycles. The van der Waals surface area contributed by atoms with Crippen molar-refractivity contribution in [3.05, 3.63) is 24.3 Å². The Morgan fingerprint density at radius 2 is 2.00 bits per heavy atom. The number of primary amides is 1. The van der Waals surface area contributed by atoms with Crippen molar-refractivity contribution in [1.82, 2.24) is 0 Å². The minimum absolute atomic E-state index is 0.231. The van der Waals surface area contributed by atoms with Gasteiger partial charge in [0, 0.05) is 0 Å². The molecule has 84 valence electrons. The molecule has 16 heavy (non-hydrogen) atoms. The largest absolute Gasteiger partial charge is 0.371 e. The topological polar surface area (TPSA) is 84.2 Å². The van der Waals surface area contributed by atoms with Crippen molar-refractivity contribution in [3.63, 3.8) is 0 Å². The van der Waals surface area contributed by atoms with Crippen LogP contribution in [-0.4, -0.2) is 17.9 Å². The van der Waals surface area contributed by atoms with Gasteiger partial charge in [0.15, 0.2) is 0 Å². The first-order valence-electron chi connectivity index (χ1n) is 5.05. The lowest BCUT2D eigenvalue weighted by Crippen LogP contribution is -2.47. The van der Waals surface area contributed by atoms with E-state index in [1.807, 2.05) is 18.2 Å². The van der Waals surface area contributed by atoms with E-state index < -0.39 is 17.9 Å². The van der Waals surface area contributed by atoms with Gasteiger partial charge in [0.25, 0.3) is 0 Å². The number of hydrogen-bond acceptors (Lipinski definition) is 3. The number of anilines is 2. The van der Waals surface area contributed by atoms with Gasteiger partial charge >= 0.3 is 0 Å². The summed E-state index contributed by atoms with van der Waals surface area (Å²) in [6.45, 7) is 1.63. The fourth-order valence-electron chi connectivity index (χ4n) is 1.68. The first kappa shape index (κ1) is 10.5. The Bertz CT molecular complexity index is 445. The number of benzene rings is 1. The van der Waals surface area contributed by atoms with Crippen LogP contribution in [0.3, 0.4) is 0 Å². The Kier molecular flexibility index (Phi) is 2.52. The van der Waals surface area contributed by atoms with E-state index >= 15 is 0 Å². The van der Waals surface area contributed by atoms with Gasteiger partial charge in [0.1, 0.15) is 6.04 Å². The first-order valence-corrected chi connectivity index (χ1v) is 5.05. The molecule has 5 heteroatoms. The molecule has 0 spiro atoms. The molecule has 0 radical (unpaired) electrons. The average molecular weight is 219 g/mol. The quantitative estimate of drug-likeness (QED) is 0.678. The molecular formula is C11H13N3O2. The van der Waals surface area contributed by atoms with Gasteiger partial charge in [-0.15, -0.1) is 0 Å². The molecule has 1 aliphatic heterocycles. The van der Waals surface area contributed by atoms with Crippen LogP contribution in [0.4, 0.5) is 11.4 Å². The number of carbonyl (C=O) groups is 2. The molecule has 4 N–H and O–H groups in total. The maximum absolute atomic E-state index is 11.7. The highest BCUT2D eigenvalue weighted by molar-refractivity contribution is 6.05. The van der Waals surface area contributed by atoms with Crippen LogP contribution in [0.1, 0.15) is 6.92 Å². The molecule has 1 aromatic rings. The summed E-state index contributed by atoms with van der Waals surface area (Å²) in [7, 11) is 0. The zero-order valence-corrected chi connectivity index (χ0v) is 8.86. The van der Waals surface area contributed by atoms with Crippen molar-refractivity contribution in [2.45, 2.75) is 13.0 Å². The predicted molar refractivity (Wildman–Crippen MR) is 60.8 cm³/mol. The Morgan fingerprint density at radius 3 is 2.62 bits per heavy atom. The molecule has 0 aliphatic carbocycles. The summed E-state index contributed by atoms with van der Waals surface area (Å²) in [5.41, 5.74) is 6.72. The smallest absolute Gasteiger partial charge is 0.247 e. The van der Waals surface area contributed by atoms with Crippen LogP contribution in [0, 0.1) is 5.92 Å². The normalized spacial score (nSPS) is 20.3. The molecule has 0 saturated carbocycles. The standard InChI is InChI=1S/C11H13N3O2/c1-6(10(12)15)9-11(16)14-8-5-3-2-4-7(8)13-9/h2-6,9,13H,1H3,(H2,12,15)(H,14,16). The van der Waals surface area contributed by atoms with Crippen molar-refractivity contribution < 1.29 is 9.59 Å². The molecule has 1 aliphatic rings. The number of nitrogens with one attached hydrogen (secondary N) is 2. The summed E-state index contributed by atoms with van der Waals surface area (Å²) in [5.74, 6) is -1.27. The third-order valence-corrected chi connectivity index (χ3v) is 2.73. The molecular weight excluding hydrogens is 206 g/mol. The van der Waals surface area contributed by atoms with E-state index in [9.17, 15) is 9.59 Å². The molecule has 0 fully saturated rings. The van der Waals surface area contributed by atoms with Crippen LogP contribution < -0.4 is 16.4 Å². The van der Waals surface area contributed by atoms with Gasteiger partial charge in [0.05, 0.1) is 17.3 Å². The number of para-hydroxylation sites is 2. The van der Waals surface area contributed by atoms with Gasteiger partial charge in [-0.2, -0.15) is 0 Å². The summed E-state index contributed by atoms with van der Waals surface area (Å²) in [6, 6.07) is 6.72. The van der Waals surface area contributed by atoms with E-state index in [1.165, 1.54) is 0 Å². The Morgan fingerprint density at radius 1 is 1.38 bits per heavy atom. The van der Waals surface area contributed by atoms with E-state index in [1.54, 1.807) is 13.0 Å². The first-order chi connectivity index (χ1) is 7.59. The van der Waals surface area contributed by atoms with Crippen molar-refractivity contribution in [3.8, 4) is 0 Å². The molecule has 1 heterocycles. The van der Waals surface area contributed by atoms with Gasteiger partial charge < -0.3 is 16.4 Å². The third kappa shape index (κ3) is 1.71. The SMILES string of the molecule is CC(C(N)=O)C1Nc2ccccc2NC1=O. The maximum Gasteiger partial charge on any atom is 0.247 e. The molecule has 5 nitrogen and oxygen atoms in total. The second kappa shape index (κ2) is 3.84. The molecule has 2 rings (SSSR count). The van der Waals surface area contributed by atoms with Crippen LogP contribution >= 0.6 is 0 Å². The van der Waals surface area contributed by atoms with Crippen LogP contribution in [0.25, 0.3) is 0 Å². The second-order valence-electron chi connectivity index (χ2n) is 3.85. The van der Waals surface area contributed by atoms with Gasteiger partial charge in [-0.3, -0.25) is 9.59 Å². The highest BCUT2D eigenvalue weighted by atomic mass is 16.2. The average Bonchev–Trinajstić information content (AvgIpc) is 2.27. The third-order valence-electron chi connectivity index (χ3n) is 2.73. The summed E-state index contributed by atoms with van der Waals surface area (Å²) in [5, 5.41) is 5.75. The highest BCUT2D eigenvalue weighted by Crippen LogP contribution is 2.27. The van der Waals surface area contributed by atoms with E-state index in [0.717, 1.165) is 11.4 Å². The summed E-state index contributed by atoms with van der Waals surface area (Å²) in [4.78, 5) is 22.8. The summed E-state index contributed by atoms with van der Waals surface area (Å²) >= 11 is 0. The lowest BCUT2D eigenvalue weighted by atomic mass is 9.98. The minimum Gasteiger partial charge on any atom is -0.371 e. The minimum atomic E-state index is -0.604. The number of amides is 2. The zero-order chi connectivity index (χ0) is 11.7. The lowest BCUT2D eigenvalue weighted by Gasteiger charge is -2.29. The van der Waals surface area contributed by atoms with Gasteiger partial charge in [-0.05, 0) is 12.1 Å². The fourth-order valence-corrected chi connectivity index (χ4v) is 1.68. The molecule has 2 amide bonds. The van der Waals surface area contributed by atoms with Crippen molar-refractivity contribution >= 4 is 23.2 Å². The van der Waals surface area contributed by atoms with Gasteiger partial charge in [0.2, 0.25) is 11.8 Å². The Labute approximate surface area is 93.0 Å². The monoisotopic (exact) mass is 219 g/mol. The molecule has 0 saturated heterocycles. The predicted octanol–water partition coefficient (Wildman–Crippen LogP) is 0.541.